The molecule has 0 amide bonds. The molecule has 2 heteroatoms. The first-order valence-electron chi connectivity index (χ1n) is 11.4. The molecule has 0 aliphatic rings. The summed E-state index contributed by atoms with van der Waals surface area (Å²) in [5, 5.41) is 3.35. The van der Waals surface area contributed by atoms with Gasteiger partial charge in [-0.3, -0.25) is 0 Å². The molecular weight excluding hydrogens is 333 g/mol. The van der Waals surface area contributed by atoms with Crippen LogP contribution in [0.1, 0.15) is 112 Å². The lowest BCUT2D eigenvalue weighted by molar-refractivity contribution is 0.128. The van der Waals surface area contributed by atoms with Crippen molar-refractivity contribution in [2.45, 2.75) is 118 Å². The topological polar surface area (TPSA) is 12.0 Å². The number of nitrogens with one attached hydrogen (secondary N) is 1. The molecule has 0 aromatic heterocycles. The lowest BCUT2D eigenvalue weighted by atomic mass is 9.82. The molecule has 0 radical (unpaired) electrons. The Morgan fingerprint density at radius 3 is 2.00 bits per heavy atom. The molecular formula is C25H48FN. The lowest BCUT2D eigenvalue weighted by Crippen LogP contribution is -2.36. The van der Waals surface area contributed by atoms with Gasteiger partial charge in [0, 0.05) is 12.2 Å². The van der Waals surface area contributed by atoms with E-state index in [1.807, 2.05) is 0 Å². The van der Waals surface area contributed by atoms with E-state index in [-0.39, 0.29) is 5.41 Å². The molecule has 1 atom stereocenters. The van der Waals surface area contributed by atoms with Crippen molar-refractivity contribution in [3.05, 3.63) is 23.9 Å². The third kappa shape index (κ3) is 13.9. The highest BCUT2D eigenvalue weighted by atomic mass is 19.1. The Hall–Kier alpha value is -0.790. The zero-order valence-electron chi connectivity index (χ0n) is 19.3. The SMILES string of the molecule is C=C(C)CCCCCCCCCCC(C)(C)C(F)CN/C(=C/CC)C(C)C. The standard InChI is InChI=1S/C25H48FN/c1-8-17-23(22(4)5)27-20-24(26)25(6,7)19-16-14-12-10-9-11-13-15-18-21(2)3/h17,22,24,27H,2,8-16,18-20H2,1,3-7H3/b23-17+. The average Bonchev–Trinajstić information content (AvgIpc) is 2.59. The van der Waals surface area contributed by atoms with Crippen molar-refractivity contribution in [2.24, 2.45) is 11.3 Å². The molecule has 0 aliphatic heterocycles. The molecule has 0 heterocycles. The molecule has 1 nitrogen and oxygen atoms in total. The van der Waals surface area contributed by atoms with E-state index in [1.54, 1.807) is 0 Å². The van der Waals surface area contributed by atoms with Gasteiger partial charge in [0.15, 0.2) is 0 Å². The summed E-state index contributed by atoms with van der Waals surface area (Å²) in [6.45, 7) is 17.1. The van der Waals surface area contributed by atoms with Crippen LogP contribution in [0, 0.1) is 11.3 Å². The number of halogens is 1. The molecule has 27 heavy (non-hydrogen) atoms. The van der Waals surface area contributed by atoms with Gasteiger partial charge in [-0.2, -0.15) is 0 Å². The van der Waals surface area contributed by atoms with Crippen LogP contribution in [0.15, 0.2) is 23.9 Å². The van der Waals surface area contributed by atoms with Crippen LogP contribution in [0.5, 0.6) is 0 Å². The third-order valence-corrected chi connectivity index (χ3v) is 5.55. The zero-order valence-corrected chi connectivity index (χ0v) is 19.3. The van der Waals surface area contributed by atoms with Gasteiger partial charge in [-0.1, -0.05) is 91.2 Å². The minimum Gasteiger partial charge on any atom is -0.385 e. The van der Waals surface area contributed by atoms with E-state index in [2.05, 4.69) is 59.5 Å². The van der Waals surface area contributed by atoms with Crippen molar-refractivity contribution in [1.82, 2.24) is 5.32 Å². The summed E-state index contributed by atoms with van der Waals surface area (Å²) < 4.78 is 14.8. The number of rotatable bonds is 17. The van der Waals surface area contributed by atoms with Gasteiger partial charge in [-0.15, -0.1) is 6.58 Å². The van der Waals surface area contributed by atoms with E-state index in [9.17, 15) is 4.39 Å². The Balaban J connectivity index is 3.86. The zero-order chi connectivity index (χ0) is 20.7. The quantitative estimate of drug-likeness (QED) is 0.197. The van der Waals surface area contributed by atoms with Crippen LogP contribution in [0.3, 0.4) is 0 Å². The van der Waals surface area contributed by atoms with Gasteiger partial charge >= 0.3 is 0 Å². The summed E-state index contributed by atoms with van der Waals surface area (Å²) in [7, 11) is 0. The fourth-order valence-corrected chi connectivity index (χ4v) is 3.44. The minimum absolute atomic E-state index is 0.246. The van der Waals surface area contributed by atoms with Crippen molar-refractivity contribution in [2.75, 3.05) is 6.54 Å². The van der Waals surface area contributed by atoms with E-state index in [0.717, 1.165) is 19.3 Å². The van der Waals surface area contributed by atoms with Gasteiger partial charge in [0.2, 0.25) is 0 Å². The number of unbranched alkanes of at least 4 members (excludes halogenated alkanes) is 7. The molecule has 0 bridgehead atoms. The molecule has 0 aromatic rings. The highest BCUT2D eigenvalue weighted by molar-refractivity contribution is 5.02. The summed E-state index contributed by atoms with van der Waals surface area (Å²) in [6.07, 6.45) is 14.9. The maximum atomic E-state index is 14.8. The molecule has 1 unspecified atom stereocenters. The summed E-state index contributed by atoms with van der Waals surface area (Å²) >= 11 is 0. The first kappa shape index (κ1) is 26.2. The Labute approximate surface area is 170 Å². The van der Waals surface area contributed by atoms with Crippen LogP contribution in [0.4, 0.5) is 4.39 Å². The Morgan fingerprint density at radius 1 is 1.00 bits per heavy atom. The largest absolute Gasteiger partial charge is 0.385 e. The lowest BCUT2D eigenvalue weighted by Gasteiger charge is -2.30. The Morgan fingerprint density at radius 2 is 1.52 bits per heavy atom. The second-order valence-corrected chi connectivity index (χ2v) is 9.34. The van der Waals surface area contributed by atoms with Crippen molar-refractivity contribution < 1.29 is 4.39 Å². The number of hydrogen-bond acceptors (Lipinski definition) is 1. The smallest absolute Gasteiger partial charge is 0.122 e. The van der Waals surface area contributed by atoms with E-state index >= 15 is 0 Å². The van der Waals surface area contributed by atoms with Crippen LogP contribution in [0.2, 0.25) is 0 Å². The molecule has 0 saturated heterocycles. The summed E-state index contributed by atoms with van der Waals surface area (Å²) in [4.78, 5) is 0. The predicted molar refractivity (Wildman–Crippen MR) is 121 cm³/mol. The predicted octanol–water partition coefficient (Wildman–Crippen LogP) is 8.37. The van der Waals surface area contributed by atoms with Crippen molar-refractivity contribution >= 4 is 0 Å². The normalized spacial score (nSPS) is 13.9. The van der Waals surface area contributed by atoms with Crippen molar-refractivity contribution in [3.8, 4) is 0 Å². The molecule has 0 aliphatic carbocycles. The highest BCUT2D eigenvalue weighted by Gasteiger charge is 2.29. The second kappa shape index (κ2) is 15.2. The molecule has 0 saturated carbocycles. The number of alkyl halides is 1. The maximum absolute atomic E-state index is 14.8. The molecule has 0 spiro atoms. The van der Waals surface area contributed by atoms with Crippen molar-refractivity contribution in [3.63, 3.8) is 0 Å². The third-order valence-electron chi connectivity index (χ3n) is 5.55. The fourth-order valence-electron chi connectivity index (χ4n) is 3.44. The van der Waals surface area contributed by atoms with E-state index < -0.39 is 6.17 Å². The van der Waals surface area contributed by atoms with E-state index in [1.165, 1.54) is 62.6 Å². The molecule has 0 fully saturated rings. The van der Waals surface area contributed by atoms with Crippen LogP contribution in [0.25, 0.3) is 0 Å². The van der Waals surface area contributed by atoms with E-state index in [4.69, 9.17) is 0 Å². The van der Waals surface area contributed by atoms with Crippen LogP contribution in [-0.2, 0) is 0 Å². The monoisotopic (exact) mass is 381 g/mol. The summed E-state index contributed by atoms with van der Waals surface area (Å²) in [5.41, 5.74) is 2.24. The Kier molecular flexibility index (Phi) is 14.7. The van der Waals surface area contributed by atoms with Gasteiger partial charge < -0.3 is 5.32 Å². The van der Waals surface area contributed by atoms with Crippen LogP contribution in [-0.4, -0.2) is 12.7 Å². The molecule has 1 N–H and O–H groups in total. The highest BCUT2D eigenvalue weighted by Crippen LogP contribution is 2.30. The minimum atomic E-state index is -0.801. The maximum Gasteiger partial charge on any atom is 0.122 e. The molecule has 160 valence electrons. The first-order chi connectivity index (χ1) is 12.7. The van der Waals surface area contributed by atoms with Crippen LogP contribution >= 0.6 is 0 Å². The fraction of sp³-hybridized carbons (Fsp3) is 0.840. The van der Waals surface area contributed by atoms with Crippen molar-refractivity contribution in [1.29, 1.82) is 0 Å². The van der Waals surface area contributed by atoms with E-state index in [0.29, 0.717) is 12.5 Å². The second-order valence-electron chi connectivity index (χ2n) is 9.34. The average molecular weight is 382 g/mol. The van der Waals surface area contributed by atoms with Gasteiger partial charge in [-0.25, -0.2) is 4.39 Å². The van der Waals surface area contributed by atoms with Gasteiger partial charge in [-0.05, 0) is 43.9 Å². The van der Waals surface area contributed by atoms with Gasteiger partial charge in [0.25, 0.3) is 0 Å². The molecule has 0 rings (SSSR count). The van der Waals surface area contributed by atoms with Crippen LogP contribution < -0.4 is 5.32 Å². The van der Waals surface area contributed by atoms with Gasteiger partial charge in [0.05, 0.1) is 0 Å². The number of allylic oxidation sites excluding steroid dienone is 3. The molecule has 0 aromatic carbocycles. The number of hydrogen-bond donors (Lipinski definition) is 1. The Bertz CT molecular complexity index is 409. The first-order valence-corrected chi connectivity index (χ1v) is 11.4. The summed E-state index contributed by atoms with van der Waals surface area (Å²) in [5.74, 6) is 0.432. The van der Waals surface area contributed by atoms with Gasteiger partial charge in [0.1, 0.15) is 6.17 Å². The summed E-state index contributed by atoms with van der Waals surface area (Å²) in [6, 6.07) is 0.